The monoisotopic (exact) mass is 434 g/mol. The number of amides is 1. The molecule has 0 spiro atoms. The SMILES string of the molecule is C=CCn1c(=NC(=O)c2ccccc2I)sc2cc(C)ccc21. The van der Waals surface area contributed by atoms with E-state index in [1.807, 2.05) is 34.9 Å². The molecule has 3 nitrogen and oxygen atoms in total. The van der Waals surface area contributed by atoms with E-state index in [1.54, 1.807) is 0 Å². The molecule has 0 aliphatic heterocycles. The van der Waals surface area contributed by atoms with Crippen LogP contribution in [0.1, 0.15) is 15.9 Å². The standard InChI is InChI=1S/C18H15IN2OS/c1-3-10-21-15-9-8-12(2)11-16(15)23-18(21)20-17(22)13-6-4-5-7-14(13)19/h3-9,11H,1,10H2,2H3. The molecule has 0 radical (unpaired) electrons. The number of aryl methyl sites for hydroxylation is 1. The van der Waals surface area contributed by atoms with Crippen LogP contribution in [-0.4, -0.2) is 10.5 Å². The second-order valence-electron chi connectivity index (χ2n) is 5.15. The summed E-state index contributed by atoms with van der Waals surface area (Å²) < 4.78 is 4.06. The van der Waals surface area contributed by atoms with Crippen molar-refractivity contribution in [1.29, 1.82) is 0 Å². The van der Waals surface area contributed by atoms with Crippen molar-refractivity contribution in [3.05, 3.63) is 74.6 Å². The summed E-state index contributed by atoms with van der Waals surface area (Å²) in [5, 5.41) is 0. The van der Waals surface area contributed by atoms with E-state index in [9.17, 15) is 4.79 Å². The van der Waals surface area contributed by atoms with Crippen LogP contribution < -0.4 is 4.80 Å². The lowest BCUT2D eigenvalue weighted by Gasteiger charge is -2.02. The molecule has 0 saturated heterocycles. The van der Waals surface area contributed by atoms with Crippen molar-refractivity contribution in [2.45, 2.75) is 13.5 Å². The summed E-state index contributed by atoms with van der Waals surface area (Å²) in [5.41, 5.74) is 2.90. The van der Waals surface area contributed by atoms with Crippen LogP contribution >= 0.6 is 33.9 Å². The van der Waals surface area contributed by atoms with Crippen molar-refractivity contribution in [1.82, 2.24) is 4.57 Å². The minimum atomic E-state index is -0.212. The predicted molar refractivity (Wildman–Crippen MR) is 104 cm³/mol. The first-order chi connectivity index (χ1) is 11.1. The molecule has 0 aliphatic carbocycles. The molecule has 0 bridgehead atoms. The normalized spacial score (nSPS) is 11.8. The molecule has 23 heavy (non-hydrogen) atoms. The number of aromatic nitrogens is 1. The number of hydrogen-bond acceptors (Lipinski definition) is 2. The van der Waals surface area contributed by atoms with Crippen LogP contribution in [0.2, 0.25) is 0 Å². The Bertz CT molecular complexity index is 969. The summed E-state index contributed by atoms with van der Waals surface area (Å²) in [5.74, 6) is -0.212. The number of allylic oxidation sites excluding steroid dienone is 1. The topological polar surface area (TPSA) is 34.4 Å². The number of halogens is 1. The van der Waals surface area contributed by atoms with E-state index < -0.39 is 0 Å². The molecular formula is C18H15IN2OS. The van der Waals surface area contributed by atoms with E-state index in [1.165, 1.54) is 16.9 Å². The summed E-state index contributed by atoms with van der Waals surface area (Å²) in [7, 11) is 0. The van der Waals surface area contributed by atoms with Gasteiger partial charge in [0.25, 0.3) is 5.91 Å². The van der Waals surface area contributed by atoms with Gasteiger partial charge in [0.2, 0.25) is 0 Å². The van der Waals surface area contributed by atoms with Crippen LogP contribution in [0.15, 0.2) is 60.1 Å². The quantitative estimate of drug-likeness (QED) is 0.440. The Morgan fingerprint density at radius 3 is 2.87 bits per heavy atom. The fourth-order valence-corrected chi connectivity index (χ4v) is 4.11. The third kappa shape index (κ3) is 3.30. The number of nitrogens with zero attached hydrogens (tertiary/aromatic N) is 2. The van der Waals surface area contributed by atoms with Crippen molar-refractivity contribution < 1.29 is 4.79 Å². The van der Waals surface area contributed by atoms with E-state index in [2.05, 4.69) is 59.3 Å². The van der Waals surface area contributed by atoms with Gasteiger partial charge in [0.1, 0.15) is 0 Å². The summed E-state index contributed by atoms with van der Waals surface area (Å²) in [6, 6.07) is 13.8. The smallest absolute Gasteiger partial charge is 0.280 e. The lowest BCUT2D eigenvalue weighted by molar-refractivity contribution is 0.0997. The largest absolute Gasteiger partial charge is 0.312 e. The zero-order valence-electron chi connectivity index (χ0n) is 12.6. The molecule has 1 heterocycles. The average Bonchev–Trinajstić information content (AvgIpc) is 2.84. The zero-order chi connectivity index (χ0) is 16.4. The van der Waals surface area contributed by atoms with Crippen LogP contribution in [0.4, 0.5) is 0 Å². The van der Waals surface area contributed by atoms with Crippen molar-refractivity contribution >= 4 is 50.1 Å². The molecule has 0 atom stereocenters. The van der Waals surface area contributed by atoms with Gasteiger partial charge in [-0.1, -0.05) is 35.6 Å². The fourth-order valence-electron chi connectivity index (χ4n) is 2.35. The highest BCUT2D eigenvalue weighted by atomic mass is 127. The molecule has 0 aliphatic rings. The lowest BCUT2D eigenvalue weighted by Crippen LogP contribution is -2.16. The van der Waals surface area contributed by atoms with E-state index in [4.69, 9.17) is 0 Å². The lowest BCUT2D eigenvalue weighted by atomic mass is 10.2. The number of thiazole rings is 1. The predicted octanol–water partition coefficient (Wildman–Crippen LogP) is 4.54. The Balaban J connectivity index is 2.18. The second kappa shape index (κ2) is 6.80. The zero-order valence-corrected chi connectivity index (χ0v) is 15.6. The molecule has 1 amide bonds. The summed E-state index contributed by atoms with van der Waals surface area (Å²) >= 11 is 3.69. The molecule has 0 unspecified atom stereocenters. The summed E-state index contributed by atoms with van der Waals surface area (Å²) in [6.07, 6.45) is 1.82. The maximum absolute atomic E-state index is 12.5. The number of rotatable bonds is 3. The molecule has 5 heteroatoms. The third-order valence-corrected chi connectivity index (χ3v) is 5.43. The Morgan fingerprint density at radius 1 is 1.35 bits per heavy atom. The van der Waals surface area contributed by atoms with Gasteiger partial charge in [-0.05, 0) is 59.3 Å². The van der Waals surface area contributed by atoms with Crippen LogP contribution in [0, 0.1) is 10.5 Å². The summed E-state index contributed by atoms with van der Waals surface area (Å²) in [4.78, 5) is 17.6. The minimum Gasteiger partial charge on any atom is -0.312 e. The molecule has 3 aromatic rings. The molecular weight excluding hydrogens is 419 g/mol. The Kier molecular flexibility index (Phi) is 4.77. The molecule has 2 aromatic carbocycles. The first kappa shape index (κ1) is 16.1. The average molecular weight is 434 g/mol. The first-order valence-corrected chi connectivity index (χ1v) is 9.04. The van der Waals surface area contributed by atoms with Gasteiger partial charge in [-0.2, -0.15) is 4.99 Å². The van der Waals surface area contributed by atoms with Gasteiger partial charge >= 0.3 is 0 Å². The highest BCUT2D eigenvalue weighted by Gasteiger charge is 2.10. The van der Waals surface area contributed by atoms with Crippen molar-refractivity contribution in [2.75, 3.05) is 0 Å². The Labute approximate surface area is 152 Å². The van der Waals surface area contributed by atoms with Crippen LogP contribution in [0.25, 0.3) is 10.2 Å². The van der Waals surface area contributed by atoms with Gasteiger partial charge in [-0.15, -0.1) is 6.58 Å². The van der Waals surface area contributed by atoms with Gasteiger partial charge in [0.05, 0.1) is 15.8 Å². The number of fused-ring (bicyclic) bond motifs is 1. The Morgan fingerprint density at radius 2 is 2.13 bits per heavy atom. The van der Waals surface area contributed by atoms with Gasteiger partial charge in [0.15, 0.2) is 4.80 Å². The van der Waals surface area contributed by atoms with Crippen LogP contribution in [0.5, 0.6) is 0 Å². The van der Waals surface area contributed by atoms with E-state index in [0.717, 1.165) is 13.8 Å². The van der Waals surface area contributed by atoms with Crippen molar-refractivity contribution in [3.63, 3.8) is 0 Å². The molecule has 0 fully saturated rings. The molecule has 3 rings (SSSR count). The molecule has 0 saturated carbocycles. The molecule has 116 valence electrons. The number of carbonyl (C=O) groups is 1. The number of carbonyl (C=O) groups excluding carboxylic acids is 1. The van der Waals surface area contributed by atoms with Gasteiger partial charge in [0, 0.05) is 10.1 Å². The maximum atomic E-state index is 12.5. The number of benzene rings is 2. The minimum absolute atomic E-state index is 0.212. The summed E-state index contributed by atoms with van der Waals surface area (Å²) in [6.45, 7) is 6.50. The van der Waals surface area contributed by atoms with Gasteiger partial charge in [-0.25, -0.2) is 0 Å². The highest BCUT2D eigenvalue weighted by molar-refractivity contribution is 14.1. The van der Waals surface area contributed by atoms with Crippen molar-refractivity contribution in [3.8, 4) is 0 Å². The van der Waals surface area contributed by atoms with Gasteiger partial charge < -0.3 is 4.57 Å². The second-order valence-corrected chi connectivity index (χ2v) is 7.32. The first-order valence-electron chi connectivity index (χ1n) is 7.14. The maximum Gasteiger partial charge on any atom is 0.280 e. The van der Waals surface area contributed by atoms with Crippen LogP contribution in [0.3, 0.4) is 0 Å². The van der Waals surface area contributed by atoms with Crippen LogP contribution in [-0.2, 0) is 6.54 Å². The molecule has 0 N–H and O–H groups in total. The fraction of sp³-hybridized carbons (Fsp3) is 0.111. The van der Waals surface area contributed by atoms with E-state index in [0.29, 0.717) is 16.9 Å². The Hall–Kier alpha value is -1.73. The highest BCUT2D eigenvalue weighted by Crippen LogP contribution is 2.19. The van der Waals surface area contributed by atoms with E-state index >= 15 is 0 Å². The van der Waals surface area contributed by atoms with Crippen molar-refractivity contribution in [2.24, 2.45) is 4.99 Å². The number of hydrogen-bond donors (Lipinski definition) is 0. The molecule has 1 aromatic heterocycles. The van der Waals surface area contributed by atoms with Gasteiger partial charge in [-0.3, -0.25) is 4.79 Å². The van der Waals surface area contributed by atoms with E-state index in [-0.39, 0.29) is 5.91 Å². The third-order valence-electron chi connectivity index (χ3n) is 3.45.